The van der Waals surface area contributed by atoms with Gasteiger partial charge in [-0.15, -0.1) is 23.5 Å². The van der Waals surface area contributed by atoms with Crippen LogP contribution in [0.2, 0.25) is 0 Å². The second-order valence-corrected chi connectivity index (χ2v) is 8.57. The van der Waals surface area contributed by atoms with Gasteiger partial charge in [0.25, 0.3) is 5.91 Å². The van der Waals surface area contributed by atoms with Crippen molar-refractivity contribution in [3.63, 3.8) is 0 Å². The van der Waals surface area contributed by atoms with Gasteiger partial charge in [0.2, 0.25) is 0 Å². The van der Waals surface area contributed by atoms with Gasteiger partial charge < -0.3 is 10.1 Å². The molecule has 1 amide bonds. The van der Waals surface area contributed by atoms with Gasteiger partial charge in [-0.1, -0.05) is 42.5 Å². The lowest BCUT2D eigenvalue weighted by molar-refractivity contribution is 0.0934. The van der Waals surface area contributed by atoms with Gasteiger partial charge in [-0.3, -0.25) is 4.79 Å². The minimum absolute atomic E-state index is 0.0127. The molecular formula is C20H23NO2S2. The van der Waals surface area contributed by atoms with Gasteiger partial charge in [0, 0.05) is 30.2 Å². The molecule has 0 unspecified atom stereocenters. The predicted octanol–water partition coefficient (Wildman–Crippen LogP) is 4.50. The van der Waals surface area contributed by atoms with Crippen molar-refractivity contribution in [1.82, 2.24) is 5.32 Å². The second-order valence-electron chi connectivity index (χ2n) is 5.84. The Kier molecular flexibility index (Phi) is 7.27. The summed E-state index contributed by atoms with van der Waals surface area (Å²) in [7, 11) is 0. The first-order chi connectivity index (χ1) is 12.3. The van der Waals surface area contributed by atoms with Crippen molar-refractivity contribution in [2.75, 3.05) is 24.7 Å². The van der Waals surface area contributed by atoms with Crippen LogP contribution in [0.5, 0.6) is 0 Å². The summed E-state index contributed by atoms with van der Waals surface area (Å²) in [5.41, 5.74) is 3.20. The van der Waals surface area contributed by atoms with Crippen LogP contribution < -0.4 is 5.32 Å². The number of benzene rings is 2. The molecule has 5 heteroatoms. The van der Waals surface area contributed by atoms with E-state index in [1.807, 2.05) is 66.0 Å². The molecule has 1 aliphatic rings. The normalized spacial score (nSPS) is 14.6. The fraction of sp³-hybridized carbons (Fsp3) is 0.350. The molecule has 1 N–H and O–H groups in total. The molecule has 0 bridgehead atoms. The summed E-state index contributed by atoms with van der Waals surface area (Å²) in [4.78, 5) is 12.2. The van der Waals surface area contributed by atoms with Gasteiger partial charge in [-0.05, 0) is 29.7 Å². The van der Waals surface area contributed by atoms with Crippen LogP contribution in [0.3, 0.4) is 0 Å². The molecule has 0 radical (unpaired) electrons. The highest BCUT2D eigenvalue weighted by Crippen LogP contribution is 2.45. The van der Waals surface area contributed by atoms with Crippen molar-refractivity contribution in [2.24, 2.45) is 0 Å². The van der Waals surface area contributed by atoms with E-state index in [0.717, 1.165) is 12.0 Å². The number of amides is 1. The Bertz CT molecular complexity index is 655. The van der Waals surface area contributed by atoms with Crippen molar-refractivity contribution in [1.29, 1.82) is 0 Å². The molecule has 0 aliphatic carbocycles. The van der Waals surface area contributed by atoms with Gasteiger partial charge in [-0.25, -0.2) is 0 Å². The third kappa shape index (κ3) is 5.80. The zero-order valence-corrected chi connectivity index (χ0v) is 15.8. The lowest BCUT2D eigenvalue weighted by Gasteiger charge is -2.10. The van der Waals surface area contributed by atoms with Crippen LogP contribution in [0, 0.1) is 0 Å². The Hall–Kier alpha value is -1.43. The van der Waals surface area contributed by atoms with Crippen molar-refractivity contribution >= 4 is 29.4 Å². The highest BCUT2D eigenvalue weighted by atomic mass is 32.2. The quantitative estimate of drug-likeness (QED) is 0.692. The number of ether oxygens (including phenoxy) is 1. The Labute approximate surface area is 157 Å². The largest absolute Gasteiger partial charge is 0.377 e. The van der Waals surface area contributed by atoms with Gasteiger partial charge in [0.05, 0.1) is 11.2 Å². The molecule has 1 saturated heterocycles. The van der Waals surface area contributed by atoms with Gasteiger partial charge >= 0.3 is 0 Å². The van der Waals surface area contributed by atoms with E-state index in [4.69, 9.17) is 4.74 Å². The van der Waals surface area contributed by atoms with Crippen LogP contribution in [-0.2, 0) is 11.3 Å². The fourth-order valence-corrected chi connectivity index (χ4v) is 5.44. The summed E-state index contributed by atoms with van der Waals surface area (Å²) < 4.78 is 6.15. The second kappa shape index (κ2) is 9.90. The number of carbonyl (C=O) groups is 1. The van der Waals surface area contributed by atoms with E-state index in [2.05, 4.69) is 17.4 Å². The standard InChI is InChI=1S/C20H23NO2S2/c22-19(17-7-9-18(10-8-17)20-24-13-14-25-20)21-11-4-12-23-15-16-5-2-1-3-6-16/h1-3,5-10,20H,4,11-15H2,(H,21,22). The van der Waals surface area contributed by atoms with Gasteiger partial charge in [0.1, 0.15) is 0 Å². The third-order valence-electron chi connectivity index (χ3n) is 3.93. The van der Waals surface area contributed by atoms with E-state index in [0.29, 0.717) is 24.3 Å². The molecule has 0 aromatic heterocycles. The van der Waals surface area contributed by atoms with Crippen molar-refractivity contribution in [3.8, 4) is 0 Å². The minimum atomic E-state index is -0.0127. The number of nitrogens with one attached hydrogen (secondary N) is 1. The zero-order valence-electron chi connectivity index (χ0n) is 14.1. The number of hydrogen-bond donors (Lipinski definition) is 1. The Morgan fingerprint density at radius 1 is 1.04 bits per heavy atom. The molecule has 0 saturated carbocycles. The molecule has 0 atom stereocenters. The maximum absolute atomic E-state index is 12.2. The molecule has 1 heterocycles. The first-order valence-corrected chi connectivity index (χ1v) is 10.7. The summed E-state index contributed by atoms with van der Waals surface area (Å²) in [6.45, 7) is 1.89. The van der Waals surface area contributed by atoms with E-state index in [9.17, 15) is 4.79 Å². The smallest absolute Gasteiger partial charge is 0.251 e. The predicted molar refractivity (Wildman–Crippen MR) is 107 cm³/mol. The zero-order chi connectivity index (χ0) is 17.3. The maximum atomic E-state index is 12.2. The Balaban J connectivity index is 1.33. The summed E-state index contributed by atoms with van der Waals surface area (Å²) in [6, 6.07) is 18.1. The van der Waals surface area contributed by atoms with Crippen LogP contribution in [0.25, 0.3) is 0 Å². The molecule has 2 aromatic rings. The van der Waals surface area contributed by atoms with E-state index in [-0.39, 0.29) is 5.91 Å². The fourth-order valence-electron chi connectivity index (χ4n) is 2.58. The lowest BCUT2D eigenvalue weighted by atomic mass is 10.1. The summed E-state index contributed by atoms with van der Waals surface area (Å²) in [6.07, 6.45) is 0.812. The number of thioether (sulfide) groups is 2. The Morgan fingerprint density at radius 3 is 2.48 bits per heavy atom. The van der Waals surface area contributed by atoms with Crippen molar-refractivity contribution < 1.29 is 9.53 Å². The van der Waals surface area contributed by atoms with Crippen LogP contribution in [0.1, 0.15) is 32.5 Å². The summed E-state index contributed by atoms with van der Waals surface area (Å²) in [5.74, 6) is 2.41. The van der Waals surface area contributed by atoms with Gasteiger partial charge in [-0.2, -0.15) is 0 Å². The lowest BCUT2D eigenvalue weighted by Crippen LogP contribution is -2.25. The van der Waals surface area contributed by atoms with Crippen LogP contribution in [0.4, 0.5) is 0 Å². The highest BCUT2D eigenvalue weighted by Gasteiger charge is 2.18. The monoisotopic (exact) mass is 373 g/mol. The number of hydrogen-bond acceptors (Lipinski definition) is 4. The maximum Gasteiger partial charge on any atom is 0.251 e. The molecule has 132 valence electrons. The van der Waals surface area contributed by atoms with Crippen molar-refractivity contribution in [2.45, 2.75) is 17.6 Å². The van der Waals surface area contributed by atoms with E-state index in [1.165, 1.54) is 22.6 Å². The molecule has 3 rings (SSSR count). The van der Waals surface area contributed by atoms with E-state index < -0.39 is 0 Å². The average molecular weight is 374 g/mol. The molecule has 1 fully saturated rings. The average Bonchev–Trinajstić information content (AvgIpc) is 3.20. The van der Waals surface area contributed by atoms with Crippen LogP contribution in [-0.4, -0.2) is 30.6 Å². The number of carbonyl (C=O) groups excluding carboxylic acids is 1. The van der Waals surface area contributed by atoms with Crippen molar-refractivity contribution in [3.05, 3.63) is 71.3 Å². The first kappa shape index (κ1) is 18.4. The topological polar surface area (TPSA) is 38.3 Å². The van der Waals surface area contributed by atoms with Crippen LogP contribution >= 0.6 is 23.5 Å². The first-order valence-electron chi connectivity index (χ1n) is 8.56. The third-order valence-corrected chi connectivity index (χ3v) is 7.03. The minimum Gasteiger partial charge on any atom is -0.377 e. The molecule has 3 nitrogen and oxygen atoms in total. The summed E-state index contributed by atoms with van der Waals surface area (Å²) >= 11 is 3.96. The number of rotatable bonds is 8. The van der Waals surface area contributed by atoms with E-state index >= 15 is 0 Å². The Morgan fingerprint density at radius 2 is 1.76 bits per heavy atom. The summed E-state index contributed by atoms with van der Waals surface area (Å²) in [5, 5.41) is 2.96. The molecule has 0 spiro atoms. The highest BCUT2D eigenvalue weighted by molar-refractivity contribution is 8.19. The molecular weight excluding hydrogens is 350 g/mol. The molecule has 25 heavy (non-hydrogen) atoms. The van der Waals surface area contributed by atoms with E-state index in [1.54, 1.807) is 0 Å². The molecule has 2 aromatic carbocycles. The van der Waals surface area contributed by atoms with Crippen LogP contribution in [0.15, 0.2) is 54.6 Å². The van der Waals surface area contributed by atoms with Gasteiger partial charge in [0.15, 0.2) is 0 Å². The molecule has 1 aliphatic heterocycles. The SMILES string of the molecule is O=C(NCCCOCc1ccccc1)c1ccc(C2SCCS2)cc1.